The van der Waals surface area contributed by atoms with E-state index in [1.54, 1.807) is 51.4 Å². The highest BCUT2D eigenvalue weighted by molar-refractivity contribution is 5.13. The quantitative estimate of drug-likeness (QED) is 0.427. The molecule has 1 spiro atoms. The first-order valence-corrected chi connectivity index (χ1v) is 13.9. The number of fused-ring (bicyclic) bond motifs is 2. The molecule has 7 unspecified atom stereocenters. The summed E-state index contributed by atoms with van der Waals surface area (Å²) in [7, 11) is 0. The summed E-state index contributed by atoms with van der Waals surface area (Å²) >= 11 is 0. The molecule has 29 heavy (non-hydrogen) atoms. The molecule has 0 aromatic heterocycles. The lowest BCUT2D eigenvalue weighted by molar-refractivity contribution is -0.0518. The second-order valence-corrected chi connectivity index (χ2v) is 10.8. The lowest BCUT2D eigenvalue weighted by atomic mass is 9.51. The fraction of sp³-hybridized carbons (Fsp3) is 1.00. The van der Waals surface area contributed by atoms with Crippen LogP contribution in [0.1, 0.15) is 140 Å². The van der Waals surface area contributed by atoms with Gasteiger partial charge in [0.15, 0.2) is 0 Å². The highest BCUT2D eigenvalue weighted by Crippen LogP contribution is 2.72. The van der Waals surface area contributed by atoms with E-state index in [0.29, 0.717) is 5.41 Å². The van der Waals surface area contributed by atoms with Gasteiger partial charge in [-0.05, 0) is 91.3 Å². The fourth-order valence-electron chi connectivity index (χ4n) is 7.98. The van der Waals surface area contributed by atoms with E-state index in [2.05, 4.69) is 41.5 Å². The van der Waals surface area contributed by atoms with E-state index < -0.39 is 0 Å². The topological polar surface area (TPSA) is 0 Å². The zero-order chi connectivity index (χ0) is 22.2. The molecule has 0 heterocycles. The van der Waals surface area contributed by atoms with Crippen molar-refractivity contribution >= 4 is 0 Å². The van der Waals surface area contributed by atoms with Gasteiger partial charge in [0.25, 0.3) is 0 Å². The van der Waals surface area contributed by atoms with Crippen LogP contribution in [0.25, 0.3) is 0 Å². The van der Waals surface area contributed by atoms with E-state index in [1.807, 2.05) is 27.7 Å². The van der Waals surface area contributed by atoms with Crippen molar-refractivity contribution in [1.29, 1.82) is 0 Å². The predicted molar refractivity (Wildman–Crippen MR) is 133 cm³/mol. The first-order chi connectivity index (χ1) is 13.9. The lowest BCUT2D eigenvalue weighted by Crippen LogP contribution is -2.47. The van der Waals surface area contributed by atoms with Gasteiger partial charge in [-0.2, -0.15) is 0 Å². The van der Waals surface area contributed by atoms with Crippen LogP contribution in [0.3, 0.4) is 0 Å². The molecule has 0 radical (unpaired) electrons. The maximum absolute atomic E-state index is 2.64. The molecule has 0 amide bonds. The zero-order valence-electron chi connectivity index (χ0n) is 22.2. The Labute approximate surface area is 186 Å². The molecule has 4 saturated carbocycles. The summed E-state index contributed by atoms with van der Waals surface area (Å²) in [6, 6.07) is 0. The molecular weight excluding hydrogens is 348 g/mol. The molecule has 174 valence electrons. The van der Waals surface area contributed by atoms with Crippen molar-refractivity contribution in [2.24, 2.45) is 46.3 Å². The van der Waals surface area contributed by atoms with Crippen LogP contribution in [0.2, 0.25) is 0 Å². The van der Waals surface area contributed by atoms with Gasteiger partial charge in [0.05, 0.1) is 0 Å². The van der Waals surface area contributed by atoms with E-state index in [9.17, 15) is 0 Å². The van der Waals surface area contributed by atoms with E-state index in [4.69, 9.17) is 0 Å². The molecule has 0 nitrogen and oxygen atoms in total. The molecule has 4 aliphatic carbocycles. The zero-order valence-corrected chi connectivity index (χ0v) is 22.2. The van der Waals surface area contributed by atoms with Crippen LogP contribution in [-0.2, 0) is 0 Å². The highest BCUT2D eigenvalue weighted by atomic mass is 14.7. The molecule has 0 bridgehead atoms. The Morgan fingerprint density at radius 3 is 1.97 bits per heavy atom. The fourth-order valence-corrected chi connectivity index (χ4v) is 7.98. The Hall–Kier alpha value is 0. The van der Waals surface area contributed by atoms with Gasteiger partial charge in [-0.3, -0.25) is 0 Å². The van der Waals surface area contributed by atoms with Crippen molar-refractivity contribution in [3.8, 4) is 0 Å². The van der Waals surface area contributed by atoms with Gasteiger partial charge < -0.3 is 0 Å². The van der Waals surface area contributed by atoms with Gasteiger partial charge in [-0.25, -0.2) is 0 Å². The summed E-state index contributed by atoms with van der Waals surface area (Å²) in [5.74, 6) is 6.31. The summed E-state index contributed by atoms with van der Waals surface area (Å²) in [5, 5.41) is 0. The number of hydrogen-bond acceptors (Lipinski definition) is 0. The normalized spacial score (nSPS) is 42.1. The maximum atomic E-state index is 2.64. The number of rotatable bonds is 2. The summed E-state index contributed by atoms with van der Waals surface area (Å²) in [6.45, 7) is 22.4. The van der Waals surface area contributed by atoms with Crippen LogP contribution in [-0.4, -0.2) is 0 Å². The molecule has 7 atom stereocenters. The van der Waals surface area contributed by atoms with Gasteiger partial charge in [0.2, 0.25) is 0 Å². The van der Waals surface area contributed by atoms with Crippen molar-refractivity contribution < 1.29 is 0 Å². The first kappa shape index (κ1) is 27.0. The van der Waals surface area contributed by atoms with Gasteiger partial charge in [0, 0.05) is 0 Å². The summed E-state index contributed by atoms with van der Waals surface area (Å²) < 4.78 is 0. The predicted octanol–water partition coefficient (Wildman–Crippen LogP) is 10.2. The Balaban J connectivity index is 0.000000540. The smallest absolute Gasteiger partial charge is 0.0235 e. The molecule has 0 aromatic carbocycles. The Morgan fingerprint density at radius 1 is 0.793 bits per heavy atom. The van der Waals surface area contributed by atoms with Crippen molar-refractivity contribution in [3.63, 3.8) is 0 Å². The molecule has 0 heteroatoms. The van der Waals surface area contributed by atoms with Crippen LogP contribution in [0, 0.1) is 46.3 Å². The van der Waals surface area contributed by atoms with Gasteiger partial charge in [-0.1, -0.05) is 94.9 Å². The van der Waals surface area contributed by atoms with Crippen molar-refractivity contribution in [3.05, 3.63) is 0 Å². The first-order valence-electron chi connectivity index (χ1n) is 13.9. The van der Waals surface area contributed by atoms with E-state index in [0.717, 1.165) is 40.9 Å². The maximum Gasteiger partial charge on any atom is -0.0235 e. The van der Waals surface area contributed by atoms with E-state index in [1.165, 1.54) is 19.3 Å². The molecule has 0 saturated heterocycles. The van der Waals surface area contributed by atoms with Crippen LogP contribution in [0.15, 0.2) is 0 Å². The molecule has 4 aliphatic rings. The third-order valence-electron chi connectivity index (χ3n) is 9.47. The molecule has 0 N–H and O–H groups in total. The van der Waals surface area contributed by atoms with Crippen LogP contribution in [0.5, 0.6) is 0 Å². The second-order valence-electron chi connectivity index (χ2n) is 10.8. The summed E-state index contributed by atoms with van der Waals surface area (Å²) in [5.41, 5.74) is 1.48. The Kier molecular flexibility index (Phi) is 11.3. The Bertz CT molecular complexity index is 437. The monoisotopic (exact) mass is 406 g/mol. The molecular formula is C29H58. The Morgan fingerprint density at radius 2 is 1.41 bits per heavy atom. The van der Waals surface area contributed by atoms with Crippen LogP contribution < -0.4 is 0 Å². The minimum Gasteiger partial charge on any atom is -0.0683 e. The molecule has 0 aliphatic heterocycles. The molecule has 0 aromatic rings. The third kappa shape index (κ3) is 5.26. The lowest BCUT2D eigenvalue weighted by Gasteiger charge is -2.54. The average molecular weight is 407 g/mol. The third-order valence-corrected chi connectivity index (χ3v) is 9.47. The van der Waals surface area contributed by atoms with E-state index in [-0.39, 0.29) is 0 Å². The minimum atomic E-state index is 0.616. The standard InChI is InChI=1S/C22H38.C3H8.2C2H6/c1-5-19-17-9-7-12-22-14-16(22)8-6-10-20(22)18(17)11-13-21(19,4)15(2)3;1-3-2;2*1-2/h15-20H,5-14H2,1-4H3;3H2,1-2H3;2*1-2H3. The molecule has 4 fully saturated rings. The second kappa shape index (κ2) is 12.1. The van der Waals surface area contributed by atoms with Gasteiger partial charge in [-0.15, -0.1) is 0 Å². The van der Waals surface area contributed by atoms with Crippen LogP contribution in [0.4, 0.5) is 0 Å². The van der Waals surface area contributed by atoms with E-state index >= 15 is 0 Å². The largest absolute Gasteiger partial charge is 0.0683 e. The minimum absolute atomic E-state index is 0.616. The molecule has 4 rings (SSSR count). The average Bonchev–Trinajstić information content (AvgIpc) is 3.48. The van der Waals surface area contributed by atoms with Gasteiger partial charge >= 0.3 is 0 Å². The number of hydrogen-bond donors (Lipinski definition) is 0. The summed E-state index contributed by atoms with van der Waals surface area (Å²) in [4.78, 5) is 0. The highest BCUT2D eigenvalue weighted by Gasteiger charge is 2.64. The van der Waals surface area contributed by atoms with Crippen molar-refractivity contribution in [2.45, 2.75) is 140 Å². The van der Waals surface area contributed by atoms with Crippen molar-refractivity contribution in [2.75, 3.05) is 0 Å². The van der Waals surface area contributed by atoms with Gasteiger partial charge in [0.1, 0.15) is 0 Å². The summed E-state index contributed by atoms with van der Waals surface area (Å²) in [6.07, 6.45) is 16.8. The van der Waals surface area contributed by atoms with Crippen molar-refractivity contribution in [1.82, 2.24) is 0 Å². The SMILES string of the molecule is CC.CC.CCC.CCC1C2CCCC34CC3CCCC4C2CCC1(C)C(C)C. The van der Waals surface area contributed by atoms with Crippen LogP contribution >= 0.6 is 0 Å².